The van der Waals surface area contributed by atoms with Gasteiger partial charge >= 0.3 is 0 Å². The molecular formula is C15H13Br2NO2. The van der Waals surface area contributed by atoms with E-state index in [-0.39, 0.29) is 0 Å². The van der Waals surface area contributed by atoms with Crippen molar-refractivity contribution >= 4 is 42.8 Å². The van der Waals surface area contributed by atoms with E-state index in [0.29, 0.717) is 12.7 Å². The van der Waals surface area contributed by atoms with Crippen molar-refractivity contribution in [3.05, 3.63) is 27.9 Å². The van der Waals surface area contributed by atoms with Crippen molar-refractivity contribution < 1.29 is 9.47 Å². The molecule has 0 radical (unpaired) electrons. The number of nitrogens with zero attached hydrogens (tertiary/aromatic N) is 1. The SMILES string of the molecule is BrCc1c(Br)nc2cc3c(cc2c1C1CCC1)OCO3. The van der Waals surface area contributed by atoms with Crippen LogP contribution >= 0.6 is 31.9 Å². The summed E-state index contributed by atoms with van der Waals surface area (Å²) >= 11 is 7.22. The average molecular weight is 399 g/mol. The van der Waals surface area contributed by atoms with Crippen molar-refractivity contribution in [2.45, 2.75) is 30.5 Å². The highest BCUT2D eigenvalue weighted by molar-refractivity contribution is 9.10. The Morgan fingerprint density at radius 1 is 1.20 bits per heavy atom. The summed E-state index contributed by atoms with van der Waals surface area (Å²) in [7, 11) is 0. The quantitative estimate of drug-likeness (QED) is 0.533. The van der Waals surface area contributed by atoms with Crippen molar-refractivity contribution in [2.75, 3.05) is 6.79 Å². The lowest BCUT2D eigenvalue weighted by Crippen LogP contribution is -2.12. The molecule has 104 valence electrons. The minimum atomic E-state index is 0.302. The normalized spacial score (nSPS) is 17.5. The summed E-state index contributed by atoms with van der Waals surface area (Å²) < 4.78 is 11.9. The van der Waals surface area contributed by atoms with Gasteiger partial charge in [-0.25, -0.2) is 4.98 Å². The van der Waals surface area contributed by atoms with E-state index in [4.69, 9.17) is 9.47 Å². The van der Waals surface area contributed by atoms with Crippen LogP contribution in [0.4, 0.5) is 0 Å². The maximum atomic E-state index is 5.52. The van der Waals surface area contributed by atoms with Crippen LogP contribution in [0.2, 0.25) is 0 Å². The Bertz CT molecular complexity index is 698. The molecule has 2 aliphatic rings. The fourth-order valence-electron chi connectivity index (χ4n) is 2.98. The van der Waals surface area contributed by atoms with Gasteiger partial charge in [-0.2, -0.15) is 0 Å². The molecule has 0 unspecified atom stereocenters. The van der Waals surface area contributed by atoms with E-state index in [1.807, 2.05) is 6.07 Å². The Morgan fingerprint density at radius 3 is 2.60 bits per heavy atom. The molecule has 1 aromatic heterocycles. The predicted octanol–water partition coefficient (Wildman–Crippen LogP) is 4.89. The van der Waals surface area contributed by atoms with Gasteiger partial charge in [0.15, 0.2) is 11.5 Å². The standard InChI is InChI=1S/C15H13Br2NO2/c16-6-10-14(8-2-1-3-8)9-4-12-13(20-7-19-12)5-11(9)18-15(10)17/h4-5,8H,1-3,6-7H2. The molecule has 0 saturated heterocycles. The highest BCUT2D eigenvalue weighted by Gasteiger charge is 2.27. The van der Waals surface area contributed by atoms with Crippen LogP contribution in [0.1, 0.15) is 36.3 Å². The molecule has 3 nitrogen and oxygen atoms in total. The summed E-state index contributed by atoms with van der Waals surface area (Å²) in [5, 5.41) is 2.02. The molecule has 1 fully saturated rings. The van der Waals surface area contributed by atoms with Gasteiger partial charge < -0.3 is 9.47 Å². The van der Waals surface area contributed by atoms with Crippen LogP contribution < -0.4 is 9.47 Å². The van der Waals surface area contributed by atoms with Gasteiger partial charge in [0.05, 0.1) is 5.52 Å². The van der Waals surface area contributed by atoms with Crippen LogP contribution in [-0.4, -0.2) is 11.8 Å². The number of ether oxygens (including phenoxy) is 2. The molecule has 5 heteroatoms. The molecule has 1 aromatic carbocycles. The highest BCUT2D eigenvalue weighted by atomic mass is 79.9. The van der Waals surface area contributed by atoms with E-state index in [0.717, 1.165) is 26.9 Å². The van der Waals surface area contributed by atoms with Gasteiger partial charge in [-0.3, -0.25) is 0 Å². The van der Waals surface area contributed by atoms with E-state index < -0.39 is 0 Å². The van der Waals surface area contributed by atoms with E-state index in [9.17, 15) is 0 Å². The van der Waals surface area contributed by atoms with Gasteiger partial charge in [-0.15, -0.1) is 0 Å². The number of hydrogen-bond donors (Lipinski definition) is 0. The topological polar surface area (TPSA) is 31.4 Å². The van der Waals surface area contributed by atoms with Crippen LogP contribution in [0.15, 0.2) is 16.7 Å². The first-order valence-corrected chi connectivity index (χ1v) is 8.67. The van der Waals surface area contributed by atoms with E-state index >= 15 is 0 Å². The van der Waals surface area contributed by atoms with Gasteiger partial charge in [0, 0.05) is 16.8 Å². The number of hydrogen-bond acceptors (Lipinski definition) is 3. The first-order valence-electron chi connectivity index (χ1n) is 6.75. The molecule has 0 spiro atoms. The summed E-state index contributed by atoms with van der Waals surface area (Å²) in [5.74, 6) is 2.27. The van der Waals surface area contributed by atoms with Gasteiger partial charge in [-0.05, 0) is 51.9 Å². The van der Waals surface area contributed by atoms with E-state index in [1.54, 1.807) is 0 Å². The molecule has 1 aliphatic heterocycles. The van der Waals surface area contributed by atoms with Gasteiger partial charge in [-0.1, -0.05) is 22.4 Å². The molecule has 0 bridgehead atoms. The summed E-state index contributed by atoms with van der Waals surface area (Å²) in [6.45, 7) is 0.302. The zero-order valence-corrected chi connectivity index (χ0v) is 14.0. The Kier molecular flexibility index (Phi) is 3.15. The second kappa shape index (κ2) is 4.88. The Labute approximate surface area is 133 Å². The number of pyridine rings is 1. The molecule has 2 heterocycles. The third-order valence-electron chi connectivity index (χ3n) is 4.22. The second-order valence-corrected chi connectivity index (χ2v) is 6.59. The molecule has 20 heavy (non-hydrogen) atoms. The van der Waals surface area contributed by atoms with Gasteiger partial charge in [0.2, 0.25) is 6.79 Å². The van der Waals surface area contributed by atoms with Crippen molar-refractivity contribution in [1.29, 1.82) is 0 Å². The second-order valence-electron chi connectivity index (χ2n) is 5.28. The minimum Gasteiger partial charge on any atom is -0.454 e. The van der Waals surface area contributed by atoms with Crippen LogP contribution in [0, 0.1) is 0 Å². The molecule has 2 aromatic rings. The third-order valence-corrected chi connectivity index (χ3v) is 5.44. The Morgan fingerprint density at radius 2 is 1.95 bits per heavy atom. The predicted molar refractivity (Wildman–Crippen MR) is 84.8 cm³/mol. The summed E-state index contributed by atoms with van der Waals surface area (Å²) in [6.07, 6.45) is 3.85. The van der Waals surface area contributed by atoms with Crippen LogP contribution in [-0.2, 0) is 5.33 Å². The molecule has 0 atom stereocenters. The maximum absolute atomic E-state index is 5.52. The highest BCUT2D eigenvalue weighted by Crippen LogP contribution is 2.46. The Balaban J connectivity index is 2.03. The summed E-state index contributed by atoms with van der Waals surface area (Å²) in [6, 6.07) is 4.08. The summed E-state index contributed by atoms with van der Waals surface area (Å²) in [4.78, 5) is 4.68. The molecule has 4 rings (SSSR count). The van der Waals surface area contributed by atoms with Crippen LogP contribution in [0.3, 0.4) is 0 Å². The zero-order chi connectivity index (χ0) is 13.7. The molecule has 1 aliphatic carbocycles. The lowest BCUT2D eigenvalue weighted by Gasteiger charge is -2.29. The smallest absolute Gasteiger partial charge is 0.231 e. The lowest BCUT2D eigenvalue weighted by atomic mass is 9.77. The largest absolute Gasteiger partial charge is 0.454 e. The lowest BCUT2D eigenvalue weighted by molar-refractivity contribution is 0.174. The van der Waals surface area contributed by atoms with Crippen LogP contribution in [0.5, 0.6) is 11.5 Å². The average Bonchev–Trinajstić information content (AvgIpc) is 2.81. The van der Waals surface area contributed by atoms with Crippen LogP contribution in [0.25, 0.3) is 10.9 Å². The maximum Gasteiger partial charge on any atom is 0.231 e. The molecule has 0 N–H and O–H groups in total. The number of benzene rings is 1. The van der Waals surface area contributed by atoms with Gasteiger partial charge in [0.1, 0.15) is 4.60 Å². The number of alkyl halides is 1. The number of aromatic nitrogens is 1. The van der Waals surface area contributed by atoms with Crippen molar-refractivity contribution in [2.24, 2.45) is 0 Å². The third kappa shape index (κ3) is 1.86. The first kappa shape index (κ1) is 12.9. The number of fused-ring (bicyclic) bond motifs is 2. The fourth-order valence-corrected chi connectivity index (χ4v) is 4.47. The van der Waals surface area contributed by atoms with Crippen molar-refractivity contribution in [3.63, 3.8) is 0 Å². The van der Waals surface area contributed by atoms with Crippen molar-refractivity contribution in [3.8, 4) is 11.5 Å². The Hall–Kier alpha value is -0.810. The fraction of sp³-hybridized carbons (Fsp3) is 0.400. The number of halogens is 2. The number of rotatable bonds is 2. The first-order chi connectivity index (χ1) is 9.78. The molecule has 1 saturated carbocycles. The summed E-state index contributed by atoms with van der Waals surface area (Å²) in [5.41, 5.74) is 3.66. The van der Waals surface area contributed by atoms with Crippen molar-refractivity contribution in [1.82, 2.24) is 4.98 Å². The molecular weight excluding hydrogens is 386 g/mol. The monoisotopic (exact) mass is 397 g/mol. The molecule has 0 amide bonds. The van der Waals surface area contributed by atoms with Gasteiger partial charge in [0.25, 0.3) is 0 Å². The minimum absolute atomic E-state index is 0.302. The zero-order valence-electron chi connectivity index (χ0n) is 10.8. The van der Waals surface area contributed by atoms with E-state index in [2.05, 4.69) is 42.9 Å². The van der Waals surface area contributed by atoms with E-state index in [1.165, 1.54) is 35.8 Å².